The number of benzene rings is 2. The summed E-state index contributed by atoms with van der Waals surface area (Å²) in [6.45, 7) is 0. The number of hydrogen-bond acceptors (Lipinski definition) is 7. The maximum absolute atomic E-state index is 5.12. The second-order valence-electron chi connectivity index (χ2n) is 16.4. The molecule has 0 bridgehead atoms. The molecule has 9 nitrogen and oxygen atoms in total. The average molecular weight is 810 g/mol. The van der Waals surface area contributed by atoms with Gasteiger partial charge in [0.2, 0.25) is 12.4 Å². The van der Waals surface area contributed by atoms with Gasteiger partial charge in [-0.05, 0) is 94.5 Å². The van der Waals surface area contributed by atoms with Gasteiger partial charge in [-0.15, -0.1) is 0 Å². The Bertz CT molecular complexity index is 3360. The van der Waals surface area contributed by atoms with E-state index < -0.39 is 16.4 Å². The number of nitrogens with zero attached hydrogens (tertiary/aromatic N) is 9. The fourth-order valence-corrected chi connectivity index (χ4v) is 11.2. The Kier molecular flexibility index (Phi) is 7.33. The minimum atomic E-state index is -0.862. The fraction of sp³-hybridized carbons (Fsp3) is 0.0741. The number of fused-ring (bicyclic) bond motifs is 9. The maximum Gasteiger partial charge on any atom is 0.490 e. The van der Waals surface area contributed by atoms with Gasteiger partial charge in [0, 0.05) is 60.1 Å². The van der Waals surface area contributed by atoms with Gasteiger partial charge in [-0.2, -0.15) is 0 Å². The summed E-state index contributed by atoms with van der Waals surface area (Å²) < 4.78 is 4.15. The van der Waals surface area contributed by atoms with Crippen molar-refractivity contribution in [2.45, 2.75) is 16.4 Å². The molecule has 294 valence electrons. The Balaban J connectivity index is 1.14. The van der Waals surface area contributed by atoms with Crippen molar-refractivity contribution in [3.05, 3.63) is 257 Å². The van der Waals surface area contributed by atoms with E-state index in [0.717, 1.165) is 95.5 Å². The highest BCUT2D eigenvalue weighted by atomic mass is 15.2. The van der Waals surface area contributed by atoms with E-state index in [2.05, 4.69) is 114 Å². The van der Waals surface area contributed by atoms with Crippen LogP contribution < -0.4 is 0 Å². The molecule has 0 amide bonds. The van der Waals surface area contributed by atoms with E-state index in [9.17, 15) is 0 Å². The summed E-state index contributed by atoms with van der Waals surface area (Å²) in [6.07, 6.45) is 17.1. The van der Waals surface area contributed by atoms with Gasteiger partial charge in [-0.25, -0.2) is 0 Å². The molecule has 0 fully saturated rings. The summed E-state index contributed by atoms with van der Waals surface area (Å²) in [6, 6.07) is 53.2. The molecule has 0 N–H and O–H groups in total. The molecule has 9 heteroatoms. The first-order valence-electron chi connectivity index (χ1n) is 21.0. The third-order valence-corrected chi connectivity index (χ3v) is 13.5. The van der Waals surface area contributed by atoms with E-state index >= 15 is 0 Å². The average Bonchev–Trinajstić information content (AvgIpc) is 4.09. The molecule has 3 aliphatic carbocycles. The first kappa shape index (κ1) is 35.4. The largest absolute Gasteiger partial charge is 0.490 e. The van der Waals surface area contributed by atoms with Crippen LogP contribution in [0.3, 0.4) is 0 Å². The molecule has 8 heterocycles. The summed E-state index contributed by atoms with van der Waals surface area (Å²) in [5, 5.41) is 0. The zero-order valence-electron chi connectivity index (χ0n) is 34.0. The summed E-state index contributed by atoms with van der Waals surface area (Å²) >= 11 is 0. The van der Waals surface area contributed by atoms with Gasteiger partial charge in [-0.3, -0.25) is 34.9 Å². The van der Waals surface area contributed by atoms with Gasteiger partial charge in [0.15, 0.2) is 7.05 Å². The molecule has 0 radical (unpaired) electrons. The molecule has 7 aromatic heterocycles. The molecule has 13 rings (SSSR count). The van der Waals surface area contributed by atoms with Crippen molar-refractivity contribution in [1.82, 2.24) is 34.9 Å². The van der Waals surface area contributed by atoms with Crippen LogP contribution in [0, 0.1) is 0 Å². The van der Waals surface area contributed by atoms with Crippen molar-refractivity contribution in [1.29, 1.82) is 0 Å². The highest BCUT2D eigenvalue weighted by Crippen LogP contribution is 2.59. The predicted molar refractivity (Wildman–Crippen MR) is 238 cm³/mol. The predicted octanol–water partition coefficient (Wildman–Crippen LogP) is 8.76. The van der Waals surface area contributed by atoms with Crippen LogP contribution in [0.4, 0.5) is 0 Å². The van der Waals surface area contributed by atoms with Crippen LogP contribution in [0.25, 0.3) is 34.2 Å². The Morgan fingerprint density at radius 2 is 0.762 bits per heavy atom. The highest BCUT2D eigenvalue weighted by molar-refractivity contribution is 5.85. The zero-order chi connectivity index (χ0) is 41.8. The van der Waals surface area contributed by atoms with Crippen molar-refractivity contribution < 1.29 is 9.15 Å². The van der Waals surface area contributed by atoms with E-state index in [1.165, 1.54) is 0 Å². The second-order valence-corrected chi connectivity index (χ2v) is 16.4. The van der Waals surface area contributed by atoms with Crippen LogP contribution in [0.2, 0.25) is 0 Å². The Labute approximate surface area is 362 Å². The first-order valence-corrected chi connectivity index (χ1v) is 21.0. The summed E-state index contributed by atoms with van der Waals surface area (Å²) in [5.74, 6) is 0. The highest BCUT2D eigenvalue weighted by Gasteiger charge is 2.58. The van der Waals surface area contributed by atoms with Crippen molar-refractivity contribution in [3.63, 3.8) is 0 Å². The molecule has 9 aromatic rings. The first-order chi connectivity index (χ1) is 31.2. The topological polar surface area (TPSA) is 96.2 Å². The Morgan fingerprint density at radius 3 is 1.21 bits per heavy atom. The quantitative estimate of drug-likeness (QED) is 0.155. The van der Waals surface area contributed by atoms with E-state index in [-0.39, 0.29) is 0 Å². The molecule has 0 saturated heterocycles. The molecule has 63 heavy (non-hydrogen) atoms. The monoisotopic (exact) mass is 809 g/mol. The lowest BCUT2D eigenvalue weighted by atomic mass is 9.64. The van der Waals surface area contributed by atoms with Crippen LogP contribution in [0.1, 0.15) is 61.3 Å². The molecule has 1 aliphatic heterocycles. The van der Waals surface area contributed by atoms with Gasteiger partial charge in [0.25, 0.3) is 5.54 Å². The summed E-state index contributed by atoms with van der Waals surface area (Å²) in [5.41, 5.74) is 14.0. The number of hydrogen-bond donors (Lipinski definition) is 0. The van der Waals surface area contributed by atoms with Gasteiger partial charge < -0.3 is 0 Å². The lowest BCUT2D eigenvalue weighted by Gasteiger charge is -2.37. The molecule has 0 spiro atoms. The van der Waals surface area contributed by atoms with Crippen molar-refractivity contribution in [3.8, 4) is 34.2 Å². The molecule has 0 saturated carbocycles. The summed E-state index contributed by atoms with van der Waals surface area (Å²) in [7, 11) is 2.00. The molecule has 2 aromatic carbocycles. The number of aromatic nitrogens is 7. The van der Waals surface area contributed by atoms with Crippen LogP contribution in [0.15, 0.2) is 195 Å². The SMILES string of the molecule is C[N+]1=C=[N+](C2(c3cccc(C4(c5cccc(C6(c7ccccn7)c7cccnc7-c7ncccc76)c5)c5cccnc5-c5ncccc54)c3)c3cccnc3-c3ncccc32)C=C1. The van der Waals surface area contributed by atoms with Gasteiger partial charge in [-0.1, -0.05) is 81.9 Å². The van der Waals surface area contributed by atoms with Crippen molar-refractivity contribution in [2.75, 3.05) is 7.05 Å². The third-order valence-electron chi connectivity index (χ3n) is 13.5. The molecular weight excluding hydrogens is 775 g/mol. The second kappa shape index (κ2) is 13.1. The van der Waals surface area contributed by atoms with E-state index in [1.54, 1.807) is 0 Å². The van der Waals surface area contributed by atoms with Crippen molar-refractivity contribution in [2.24, 2.45) is 0 Å². The molecule has 4 aliphatic rings. The fourth-order valence-electron chi connectivity index (χ4n) is 11.2. The normalized spacial score (nSPS) is 16.0. The Morgan fingerprint density at radius 1 is 0.365 bits per heavy atom. The lowest BCUT2D eigenvalue weighted by Crippen LogP contribution is -2.38. The van der Waals surface area contributed by atoms with E-state index in [4.69, 9.17) is 34.9 Å². The lowest BCUT2D eigenvalue weighted by molar-refractivity contribution is -0.533. The third kappa shape index (κ3) is 4.48. The van der Waals surface area contributed by atoms with Crippen LogP contribution in [-0.4, -0.2) is 57.1 Å². The van der Waals surface area contributed by atoms with E-state index in [0.29, 0.717) is 0 Å². The van der Waals surface area contributed by atoms with E-state index in [1.807, 2.05) is 104 Å². The van der Waals surface area contributed by atoms with Gasteiger partial charge in [0.1, 0.15) is 11.4 Å². The zero-order valence-corrected chi connectivity index (χ0v) is 34.0. The van der Waals surface area contributed by atoms with Crippen LogP contribution in [0.5, 0.6) is 0 Å². The van der Waals surface area contributed by atoms with Crippen molar-refractivity contribution >= 4 is 6.01 Å². The molecular formula is C54H35N9+2. The smallest absolute Gasteiger partial charge is 0.260 e. The number of rotatable bonds is 6. The minimum absolute atomic E-state index is 0.817. The molecule has 0 atom stereocenters. The summed E-state index contributed by atoms with van der Waals surface area (Å²) in [4.78, 5) is 35.1. The number of pyridine rings is 7. The maximum atomic E-state index is 5.12. The minimum Gasteiger partial charge on any atom is -0.260 e. The molecule has 0 unspecified atom stereocenters. The van der Waals surface area contributed by atoms with Crippen LogP contribution in [-0.2, 0) is 16.4 Å². The van der Waals surface area contributed by atoms with Gasteiger partial charge >= 0.3 is 6.01 Å². The van der Waals surface area contributed by atoms with Crippen LogP contribution >= 0.6 is 0 Å². The standard InChI is InChI=1S/C54H35N9/c1-62-30-31-63(34-62)54(43-20-10-28-60-50(43)51-44(54)21-11-29-61-51)38-15-5-13-36(33-38)52(39-16-6-24-56-46(39)47-40(52)17-7-25-57-47)35-12-4-14-37(32-35)53(45-22-2-3-23-55-45)41-18-8-26-58-48(41)49-42(53)19-9-27-59-49/h2-33H,1H3/q+2. The Hall–Kier alpha value is -8.39. The van der Waals surface area contributed by atoms with Gasteiger partial charge in [0.05, 0.1) is 50.4 Å².